The lowest BCUT2D eigenvalue weighted by Gasteiger charge is -2.38. The van der Waals surface area contributed by atoms with Gasteiger partial charge in [-0.25, -0.2) is 0 Å². The van der Waals surface area contributed by atoms with E-state index < -0.39 is 22.3 Å². The van der Waals surface area contributed by atoms with Gasteiger partial charge in [0.25, 0.3) is 0 Å². The lowest BCUT2D eigenvalue weighted by Crippen LogP contribution is -2.51. The molecule has 0 aromatic carbocycles. The normalized spacial score (nSPS) is 14.4. The average molecular weight is 424 g/mol. The van der Waals surface area contributed by atoms with Gasteiger partial charge < -0.3 is 5.32 Å². The van der Waals surface area contributed by atoms with Crippen molar-refractivity contribution < 1.29 is 14.4 Å². The molecule has 4 nitrogen and oxygen atoms in total. The number of Topliss-reactive ketones (excluding diaryl/α,β-unsaturated/α-hetero) is 2. The van der Waals surface area contributed by atoms with E-state index in [0.717, 1.165) is 25.7 Å². The summed E-state index contributed by atoms with van der Waals surface area (Å²) >= 11 is 0. The first kappa shape index (κ1) is 28.8. The molecule has 30 heavy (non-hydrogen) atoms. The molecule has 0 aromatic heterocycles. The second-order valence-corrected chi connectivity index (χ2v) is 11.1. The second kappa shape index (κ2) is 10.9. The number of rotatable bonds is 14. The minimum atomic E-state index is -0.697. The van der Waals surface area contributed by atoms with Crippen LogP contribution in [0.15, 0.2) is 0 Å². The zero-order valence-corrected chi connectivity index (χ0v) is 21.8. The monoisotopic (exact) mass is 423 g/mol. The molecule has 0 aliphatic rings. The van der Waals surface area contributed by atoms with Gasteiger partial charge >= 0.3 is 0 Å². The molecule has 0 heterocycles. The van der Waals surface area contributed by atoms with E-state index in [1.54, 1.807) is 0 Å². The van der Waals surface area contributed by atoms with Crippen LogP contribution in [0.2, 0.25) is 0 Å². The summed E-state index contributed by atoms with van der Waals surface area (Å²) in [5.74, 6) is 0.0976. The van der Waals surface area contributed by atoms with Crippen LogP contribution in [-0.4, -0.2) is 23.5 Å². The van der Waals surface area contributed by atoms with Gasteiger partial charge in [0.05, 0.1) is 6.04 Å². The van der Waals surface area contributed by atoms with E-state index >= 15 is 0 Å². The Morgan fingerprint density at radius 1 is 0.700 bits per heavy atom. The van der Waals surface area contributed by atoms with Crippen molar-refractivity contribution in [3.8, 4) is 0 Å². The van der Waals surface area contributed by atoms with Gasteiger partial charge in [0, 0.05) is 22.7 Å². The van der Waals surface area contributed by atoms with Crippen molar-refractivity contribution in [3.05, 3.63) is 0 Å². The smallest absolute Gasteiger partial charge is 0.221 e. The highest BCUT2D eigenvalue weighted by atomic mass is 16.2. The summed E-state index contributed by atoms with van der Waals surface area (Å²) in [4.78, 5) is 39.7. The Morgan fingerprint density at radius 2 is 1.17 bits per heavy atom. The summed E-state index contributed by atoms with van der Waals surface area (Å²) in [7, 11) is 0. The molecule has 0 saturated heterocycles. The Morgan fingerprint density at radius 3 is 1.53 bits per heavy atom. The topological polar surface area (TPSA) is 63.2 Å². The number of amides is 1. The van der Waals surface area contributed by atoms with Gasteiger partial charge in [-0.1, -0.05) is 89.0 Å². The van der Waals surface area contributed by atoms with Gasteiger partial charge in [-0.15, -0.1) is 0 Å². The molecule has 176 valence electrons. The van der Waals surface area contributed by atoms with E-state index in [2.05, 4.69) is 26.1 Å². The third kappa shape index (κ3) is 7.20. The first-order chi connectivity index (χ1) is 13.6. The number of hydrogen-bond acceptors (Lipinski definition) is 3. The van der Waals surface area contributed by atoms with E-state index in [1.165, 1.54) is 0 Å². The van der Waals surface area contributed by atoms with E-state index in [1.807, 2.05) is 55.4 Å². The summed E-state index contributed by atoms with van der Waals surface area (Å²) < 4.78 is 0. The first-order valence-electron chi connectivity index (χ1n) is 12.0. The summed E-state index contributed by atoms with van der Waals surface area (Å²) in [5.41, 5.74) is -1.73. The Hall–Kier alpha value is -1.19. The molecule has 0 rings (SSSR count). The number of carbonyl (C=O) groups excluding carboxylic acids is 3. The molecule has 1 amide bonds. The fourth-order valence-corrected chi connectivity index (χ4v) is 3.98. The van der Waals surface area contributed by atoms with Gasteiger partial charge in [0.1, 0.15) is 5.78 Å². The van der Waals surface area contributed by atoms with Crippen LogP contribution >= 0.6 is 0 Å². The molecule has 0 spiro atoms. The molecule has 0 radical (unpaired) electrons. The number of hydrogen-bond donors (Lipinski definition) is 1. The van der Waals surface area contributed by atoms with Crippen molar-refractivity contribution in [1.29, 1.82) is 0 Å². The van der Waals surface area contributed by atoms with Gasteiger partial charge in [0.15, 0.2) is 5.78 Å². The average Bonchev–Trinajstić information content (AvgIpc) is 2.70. The number of carbonyl (C=O) groups is 3. The maximum Gasteiger partial charge on any atom is 0.221 e. The molecular formula is C26H49NO3. The van der Waals surface area contributed by atoms with Crippen molar-refractivity contribution >= 4 is 17.5 Å². The summed E-state index contributed by atoms with van der Waals surface area (Å²) in [6, 6.07) is -0.651. The molecule has 0 aliphatic heterocycles. The quantitative estimate of drug-likeness (QED) is 0.346. The third-order valence-electron chi connectivity index (χ3n) is 7.94. The molecule has 1 atom stereocenters. The predicted molar refractivity (Wildman–Crippen MR) is 126 cm³/mol. The maximum absolute atomic E-state index is 13.4. The molecule has 4 heteroatoms. The predicted octanol–water partition coefficient (Wildman–Crippen LogP) is 6.50. The molecule has 1 unspecified atom stereocenters. The molecule has 0 bridgehead atoms. The fourth-order valence-electron chi connectivity index (χ4n) is 3.98. The van der Waals surface area contributed by atoms with E-state index in [-0.39, 0.29) is 22.9 Å². The van der Waals surface area contributed by atoms with Gasteiger partial charge in [-0.3, -0.25) is 14.4 Å². The van der Waals surface area contributed by atoms with Crippen LogP contribution in [0.25, 0.3) is 0 Å². The minimum absolute atomic E-state index is 0.0172. The highest BCUT2D eigenvalue weighted by Crippen LogP contribution is 2.39. The van der Waals surface area contributed by atoms with Gasteiger partial charge in [-0.2, -0.15) is 0 Å². The highest BCUT2D eigenvalue weighted by molar-refractivity contribution is 5.95. The van der Waals surface area contributed by atoms with Gasteiger partial charge in [-0.05, 0) is 31.1 Å². The zero-order valence-electron chi connectivity index (χ0n) is 21.8. The molecule has 0 aliphatic carbocycles. The van der Waals surface area contributed by atoms with E-state index in [4.69, 9.17) is 0 Å². The third-order valence-corrected chi connectivity index (χ3v) is 7.94. The van der Waals surface area contributed by atoms with Crippen molar-refractivity contribution in [1.82, 2.24) is 5.32 Å². The Bertz CT molecular complexity index is 595. The molecule has 0 aromatic rings. The summed E-state index contributed by atoms with van der Waals surface area (Å²) in [6.07, 6.45) is 4.77. The van der Waals surface area contributed by atoms with Crippen LogP contribution in [0.1, 0.15) is 121 Å². The minimum Gasteiger partial charge on any atom is -0.346 e. The summed E-state index contributed by atoms with van der Waals surface area (Å²) in [6.45, 7) is 22.1. The zero-order chi connectivity index (χ0) is 24.0. The lowest BCUT2D eigenvalue weighted by molar-refractivity contribution is -0.141. The highest BCUT2D eigenvalue weighted by Gasteiger charge is 2.44. The lowest BCUT2D eigenvalue weighted by atomic mass is 9.66. The molecule has 1 N–H and O–H groups in total. The van der Waals surface area contributed by atoms with Crippen molar-refractivity contribution in [2.24, 2.45) is 21.7 Å². The van der Waals surface area contributed by atoms with Crippen molar-refractivity contribution in [3.63, 3.8) is 0 Å². The standard InChI is InChI=1S/C26H49NO3/c1-12-23(6,7)21(29)19(27-20(28)18-25(10,13-2)14-3)17-24(8,9)22(30)26(11,15-4)16-5/h19H,12-18H2,1-11H3,(H,27,28). The van der Waals surface area contributed by atoms with E-state index in [0.29, 0.717) is 19.3 Å². The van der Waals surface area contributed by atoms with Crippen LogP contribution < -0.4 is 5.32 Å². The van der Waals surface area contributed by atoms with Crippen LogP contribution in [0.5, 0.6) is 0 Å². The largest absolute Gasteiger partial charge is 0.346 e. The SMILES string of the molecule is CCC(C)(CC)CC(=O)NC(CC(C)(C)C(=O)C(C)(CC)CC)C(=O)C(C)(C)CC. The Kier molecular flexibility index (Phi) is 10.5. The fraction of sp³-hybridized carbons (Fsp3) is 0.885. The number of ketones is 2. The maximum atomic E-state index is 13.4. The Balaban J connectivity index is 5.85. The number of nitrogens with one attached hydrogen (secondary N) is 1. The van der Waals surface area contributed by atoms with Crippen molar-refractivity contribution in [2.45, 2.75) is 127 Å². The van der Waals surface area contributed by atoms with Crippen LogP contribution in [-0.2, 0) is 14.4 Å². The first-order valence-corrected chi connectivity index (χ1v) is 12.0. The van der Waals surface area contributed by atoms with Crippen molar-refractivity contribution in [2.75, 3.05) is 0 Å². The van der Waals surface area contributed by atoms with Crippen LogP contribution in [0.3, 0.4) is 0 Å². The van der Waals surface area contributed by atoms with Crippen LogP contribution in [0.4, 0.5) is 0 Å². The molecule has 0 fully saturated rings. The van der Waals surface area contributed by atoms with Crippen LogP contribution in [0, 0.1) is 21.7 Å². The van der Waals surface area contributed by atoms with Gasteiger partial charge in [0.2, 0.25) is 5.91 Å². The molecule has 0 saturated carbocycles. The second-order valence-electron chi connectivity index (χ2n) is 11.1. The van der Waals surface area contributed by atoms with E-state index in [9.17, 15) is 14.4 Å². The Labute approximate surface area is 186 Å². The molecular weight excluding hydrogens is 374 g/mol. The summed E-state index contributed by atoms with van der Waals surface area (Å²) in [5, 5.41) is 3.04.